The Bertz CT molecular complexity index is 487. The van der Waals surface area contributed by atoms with Crippen LogP contribution in [0.4, 0.5) is 10.9 Å². The molecule has 0 spiro atoms. The molecule has 0 aromatic carbocycles. The van der Waals surface area contributed by atoms with E-state index in [-0.39, 0.29) is 11.9 Å². The van der Waals surface area contributed by atoms with E-state index in [4.69, 9.17) is 5.73 Å². The van der Waals surface area contributed by atoms with Crippen LogP contribution in [0, 0.1) is 0 Å². The minimum absolute atomic E-state index is 0.00300. The molecule has 7 heteroatoms. The quantitative estimate of drug-likeness (QED) is 0.880. The number of hydrogen-bond donors (Lipinski definition) is 2. The van der Waals surface area contributed by atoms with E-state index in [1.165, 1.54) is 11.3 Å². The number of nitrogen functional groups attached to an aromatic ring is 1. The van der Waals surface area contributed by atoms with Crippen molar-refractivity contribution in [2.24, 2.45) is 0 Å². The Morgan fingerprint density at radius 1 is 1.50 bits per heavy atom. The van der Waals surface area contributed by atoms with E-state index < -0.39 is 0 Å². The van der Waals surface area contributed by atoms with Gasteiger partial charge in [-0.25, -0.2) is 4.98 Å². The van der Waals surface area contributed by atoms with Crippen molar-refractivity contribution >= 4 is 28.2 Å². The maximum atomic E-state index is 12.5. The van der Waals surface area contributed by atoms with E-state index in [9.17, 15) is 4.79 Å². The molecular formula is C13H23N5OS. The smallest absolute Gasteiger partial charge is 0.267 e. The Balaban J connectivity index is 2.11. The van der Waals surface area contributed by atoms with Crippen LogP contribution in [0.1, 0.15) is 30.4 Å². The van der Waals surface area contributed by atoms with Gasteiger partial charge < -0.3 is 20.9 Å². The largest absolute Gasteiger partial charge is 0.382 e. The number of carbonyl (C=O) groups excluding carboxylic acids is 1. The highest BCUT2D eigenvalue weighted by molar-refractivity contribution is 7.18. The van der Waals surface area contributed by atoms with Gasteiger partial charge in [0.15, 0.2) is 5.13 Å². The molecule has 1 aliphatic heterocycles. The number of thiazole rings is 1. The van der Waals surface area contributed by atoms with Gasteiger partial charge in [0.05, 0.1) is 0 Å². The fraction of sp³-hybridized carbons (Fsp3) is 0.692. The number of anilines is 2. The third-order valence-corrected chi connectivity index (χ3v) is 4.50. The number of hydrogen-bond acceptors (Lipinski definition) is 6. The van der Waals surface area contributed by atoms with Crippen LogP contribution in [-0.4, -0.2) is 59.5 Å². The van der Waals surface area contributed by atoms with Gasteiger partial charge in [0, 0.05) is 31.7 Å². The number of amides is 1. The van der Waals surface area contributed by atoms with Gasteiger partial charge in [0.25, 0.3) is 5.91 Å². The van der Waals surface area contributed by atoms with Gasteiger partial charge in [-0.15, -0.1) is 0 Å². The predicted octanol–water partition coefficient (Wildman–Crippen LogP) is 1.32. The van der Waals surface area contributed by atoms with Gasteiger partial charge in [-0.1, -0.05) is 11.3 Å². The van der Waals surface area contributed by atoms with Crippen LogP contribution in [0.2, 0.25) is 0 Å². The molecule has 1 amide bonds. The number of nitrogens with zero attached hydrogens (tertiary/aromatic N) is 3. The SMILES string of the molecule is CC(C)Nc1nc(N)c(C(=O)N2CCN(C)C(C)C2)s1. The summed E-state index contributed by atoms with van der Waals surface area (Å²) in [7, 11) is 2.08. The zero-order chi connectivity index (χ0) is 14.9. The molecule has 3 N–H and O–H groups in total. The second-order valence-electron chi connectivity index (χ2n) is 5.61. The maximum Gasteiger partial charge on any atom is 0.267 e. The van der Waals surface area contributed by atoms with Crippen molar-refractivity contribution in [1.82, 2.24) is 14.8 Å². The van der Waals surface area contributed by atoms with Crippen LogP contribution >= 0.6 is 11.3 Å². The standard InChI is InChI=1S/C13H23N5OS/c1-8(2)15-13-16-11(14)10(20-13)12(19)18-6-5-17(4)9(3)7-18/h8-9H,5-7,14H2,1-4H3,(H,15,16). The van der Waals surface area contributed by atoms with Gasteiger partial charge >= 0.3 is 0 Å². The van der Waals surface area contributed by atoms with Crippen LogP contribution < -0.4 is 11.1 Å². The minimum atomic E-state index is -0.00300. The number of rotatable bonds is 3. The number of nitrogens with two attached hydrogens (primary N) is 1. The maximum absolute atomic E-state index is 12.5. The summed E-state index contributed by atoms with van der Waals surface area (Å²) < 4.78 is 0. The van der Waals surface area contributed by atoms with Crippen molar-refractivity contribution in [2.45, 2.75) is 32.9 Å². The second-order valence-corrected chi connectivity index (χ2v) is 6.61. The number of carbonyl (C=O) groups is 1. The lowest BCUT2D eigenvalue weighted by atomic mass is 10.2. The number of likely N-dealkylation sites (N-methyl/N-ethyl adjacent to an activating group) is 1. The third-order valence-electron chi connectivity index (χ3n) is 3.51. The molecule has 2 rings (SSSR count). The van der Waals surface area contributed by atoms with Crippen molar-refractivity contribution in [2.75, 3.05) is 37.7 Å². The summed E-state index contributed by atoms with van der Waals surface area (Å²) in [4.78, 5) is 21.4. The van der Waals surface area contributed by atoms with Crippen LogP contribution in [-0.2, 0) is 0 Å². The van der Waals surface area contributed by atoms with Gasteiger partial charge in [0.1, 0.15) is 10.7 Å². The molecule has 1 fully saturated rings. The van der Waals surface area contributed by atoms with Gasteiger partial charge in [-0.05, 0) is 27.8 Å². The summed E-state index contributed by atoms with van der Waals surface area (Å²) in [5, 5.41) is 3.90. The summed E-state index contributed by atoms with van der Waals surface area (Å²) >= 11 is 1.34. The predicted molar refractivity (Wildman–Crippen MR) is 83.3 cm³/mol. The molecule has 1 atom stereocenters. The molecule has 2 heterocycles. The van der Waals surface area contributed by atoms with Crippen LogP contribution in [0.5, 0.6) is 0 Å². The van der Waals surface area contributed by atoms with E-state index in [2.05, 4.69) is 29.2 Å². The highest BCUT2D eigenvalue weighted by Crippen LogP contribution is 2.27. The molecule has 1 saturated heterocycles. The zero-order valence-corrected chi connectivity index (χ0v) is 13.3. The first kappa shape index (κ1) is 15.1. The second kappa shape index (κ2) is 5.97. The van der Waals surface area contributed by atoms with E-state index in [0.29, 0.717) is 21.9 Å². The van der Waals surface area contributed by atoms with E-state index >= 15 is 0 Å². The van der Waals surface area contributed by atoms with Crippen molar-refractivity contribution in [3.05, 3.63) is 4.88 Å². The molecule has 112 valence electrons. The molecule has 0 radical (unpaired) electrons. The molecule has 1 aromatic heterocycles. The third kappa shape index (κ3) is 3.21. The molecule has 0 bridgehead atoms. The Labute approximate surface area is 124 Å². The summed E-state index contributed by atoms with van der Waals surface area (Å²) in [5.74, 6) is 0.325. The topological polar surface area (TPSA) is 74.5 Å². The van der Waals surface area contributed by atoms with E-state index in [1.807, 2.05) is 18.7 Å². The normalized spacial score (nSPS) is 20.4. The highest BCUT2D eigenvalue weighted by Gasteiger charge is 2.28. The Hall–Kier alpha value is -1.34. The van der Waals surface area contributed by atoms with Crippen LogP contribution in [0.3, 0.4) is 0 Å². The van der Waals surface area contributed by atoms with Crippen molar-refractivity contribution in [1.29, 1.82) is 0 Å². The van der Waals surface area contributed by atoms with Gasteiger partial charge in [-0.3, -0.25) is 4.79 Å². The lowest BCUT2D eigenvalue weighted by molar-refractivity contribution is 0.0578. The highest BCUT2D eigenvalue weighted by atomic mass is 32.1. The van der Waals surface area contributed by atoms with Crippen LogP contribution in [0.15, 0.2) is 0 Å². The van der Waals surface area contributed by atoms with E-state index in [0.717, 1.165) is 19.6 Å². The van der Waals surface area contributed by atoms with Gasteiger partial charge in [-0.2, -0.15) is 0 Å². The average molecular weight is 297 g/mol. The molecular weight excluding hydrogens is 274 g/mol. The van der Waals surface area contributed by atoms with Crippen molar-refractivity contribution < 1.29 is 4.79 Å². The molecule has 0 aliphatic carbocycles. The molecule has 1 aliphatic rings. The first-order chi connectivity index (χ1) is 9.38. The Morgan fingerprint density at radius 2 is 2.20 bits per heavy atom. The molecule has 20 heavy (non-hydrogen) atoms. The molecule has 1 aromatic rings. The fourth-order valence-electron chi connectivity index (χ4n) is 2.17. The Kier molecular flexibility index (Phi) is 4.49. The summed E-state index contributed by atoms with van der Waals surface area (Å²) in [6.45, 7) is 8.55. The lowest BCUT2D eigenvalue weighted by Crippen LogP contribution is -2.51. The summed E-state index contributed by atoms with van der Waals surface area (Å²) in [5.41, 5.74) is 5.89. The fourth-order valence-corrected chi connectivity index (χ4v) is 3.17. The molecule has 6 nitrogen and oxygen atoms in total. The van der Waals surface area contributed by atoms with Crippen molar-refractivity contribution in [3.8, 4) is 0 Å². The number of nitrogens with one attached hydrogen (secondary N) is 1. The van der Waals surface area contributed by atoms with Crippen molar-refractivity contribution in [3.63, 3.8) is 0 Å². The average Bonchev–Trinajstić information content (AvgIpc) is 2.72. The Morgan fingerprint density at radius 3 is 2.80 bits per heavy atom. The lowest BCUT2D eigenvalue weighted by Gasteiger charge is -2.37. The first-order valence-electron chi connectivity index (χ1n) is 6.90. The first-order valence-corrected chi connectivity index (χ1v) is 7.72. The summed E-state index contributed by atoms with van der Waals surface area (Å²) in [6, 6.07) is 0.641. The minimum Gasteiger partial charge on any atom is -0.382 e. The number of aromatic nitrogens is 1. The number of piperazine rings is 1. The summed E-state index contributed by atoms with van der Waals surface area (Å²) in [6.07, 6.45) is 0. The molecule has 0 saturated carbocycles. The van der Waals surface area contributed by atoms with Gasteiger partial charge in [0.2, 0.25) is 0 Å². The monoisotopic (exact) mass is 297 g/mol. The van der Waals surface area contributed by atoms with Crippen LogP contribution in [0.25, 0.3) is 0 Å². The zero-order valence-electron chi connectivity index (χ0n) is 12.5. The van der Waals surface area contributed by atoms with E-state index in [1.54, 1.807) is 0 Å². The molecule has 1 unspecified atom stereocenters.